The number of hydrogen-bond donors (Lipinski definition) is 1. The number of benzene rings is 1. The van der Waals surface area contributed by atoms with Crippen LogP contribution in [0, 0.1) is 11.3 Å². The number of likely N-dealkylation sites (N-methyl/N-ethyl adjacent to an activating group) is 1. The highest BCUT2D eigenvalue weighted by Crippen LogP contribution is 2.38. The summed E-state index contributed by atoms with van der Waals surface area (Å²) >= 11 is 1.58. The molecule has 0 aliphatic heterocycles. The van der Waals surface area contributed by atoms with Gasteiger partial charge >= 0.3 is 0 Å². The van der Waals surface area contributed by atoms with Gasteiger partial charge < -0.3 is 5.32 Å². The number of carbonyl (C=O) groups excluding carboxylic acids is 1. The number of nitriles is 1. The molecule has 0 saturated heterocycles. The van der Waals surface area contributed by atoms with E-state index in [0.29, 0.717) is 12.1 Å². The predicted octanol–water partition coefficient (Wildman–Crippen LogP) is 4.06. The number of amides is 1. The molecule has 2 aliphatic carbocycles. The third-order valence-corrected chi connectivity index (χ3v) is 6.76. The van der Waals surface area contributed by atoms with E-state index in [1.54, 1.807) is 11.3 Å². The van der Waals surface area contributed by atoms with Gasteiger partial charge in [-0.25, -0.2) is 0 Å². The first kappa shape index (κ1) is 17.3. The van der Waals surface area contributed by atoms with Gasteiger partial charge in [-0.3, -0.25) is 9.69 Å². The first-order valence-corrected chi connectivity index (χ1v) is 10.1. The predicted molar refractivity (Wildman–Crippen MR) is 104 cm³/mol. The van der Waals surface area contributed by atoms with E-state index in [0.717, 1.165) is 49.1 Å². The highest BCUT2D eigenvalue weighted by atomic mass is 32.1. The fourth-order valence-electron chi connectivity index (χ4n) is 4.30. The van der Waals surface area contributed by atoms with Crippen LogP contribution in [-0.4, -0.2) is 24.4 Å². The minimum atomic E-state index is -0.0352. The lowest BCUT2D eigenvalue weighted by Gasteiger charge is -2.32. The smallest absolute Gasteiger partial charge is 0.239 e. The maximum absolute atomic E-state index is 12.6. The zero-order chi connectivity index (χ0) is 18.1. The Kier molecular flexibility index (Phi) is 4.80. The second kappa shape index (κ2) is 7.22. The number of thiophene rings is 1. The average molecular weight is 366 g/mol. The fourth-order valence-corrected chi connectivity index (χ4v) is 5.56. The maximum Gasteiger partial charge on any atom is 0.239 e. The highest BCUT2D eigenvalue weighted by Gasteiger charge is 2.26. The van der Waals surface area contributed by atoms with Crippen LogP contribution >= 0.6 is 11.3 Å². The molecule has 4 nitrogen and oxygen atoms in total. The van der Waals surface area contributed by atoms with Crippen LogP contribution in [0.25, 0.3) is 0 Å². The molecule has 0 spiro atoms. The molecule has 4 rings (SSSR count). The highest BCUT2D eigenvalue weighted by molar-refractivity contribution is 7.16. The first-order valence-electron chi connectivity index (χ1n) is 9.30. The van der Waals surface area contributed by atoms with Crippen LogP contribution in [0.4, 0.5) is 5.00 Å². The Morgan fingerprint density at radius 3 is 3.00 bits per heavy atom. The molecule has 0 bridgehead atoms. The maximum atomic E-state index is 12.6. The molecular formula is C21H23N3OS. The van der Waals surface area contributed by atoms with Gasteiger partial charge in [-0.1, -0.05) is 24.3 Å². The lowest BCUT2D eigenvalue weighted by atomic mass is 9.87. The van der Waals surface area contributed by atoms with E-state index in [2.05, 4.69) is 40.6 Å². The minimum Gasteiger partial charge on any atom is -0.315 e. The van der Waals surface area contributed by atoms with E-state index >= 15 is 0 Å². The van der Waals surface area contributed by atoms with Crippen LogP contribution in [0.15, 0.2) is 24.3 Å². The summed E-state index contributed by atoms with van der Waals surface area (Å²) < 4.78 is 0. The summed E-state index contributed by atoms with van der Waals surface area (Å²) in [5.41, 5.74) is 4.59. The minimum absolute atomic E-state index is 0.0352. The second-order valence-electron chi connectivity index (χ2n) is 7.24. The van der Waals surface area contributed by atoms with Crippen molar-refractivity contribution < 1.29 is 4.79 Å². The Balaban J connectivity index is 1.46. The number of aryl methyl sites for hydroxylation is 2. The fraction of sp³-hybridized carbons (Fsp3) is 0.429. The van der Waals surface area contributed by atoms with E-state index in [1.807, 2.05) is 7.05 Å². The molecule has 1 N–H and O–H groups in total. The SMILES string of the molecule is CN(CC(=O)Nc1sc2c(c1C#N)CCC2)C1CCCc2ccccc21. The molecule has 0 fully saturated rings. The van der Waals surface area contributed by atoms with Gasteiger partial charge in [0, 0.05) is 10.9 Å². The van der Waals surface area contributed by atoms with Gasteiger partial charge in [-0.15, -0.1) is 11.3 Å². The molecule has 0 radical (unpaired) electrons. The number of rotatable bonds is 4. The molecule has 0 saturated carbocycles. The van der Waals surface area contributed by atoms with Crippen LogP contribution in [0.3, 0.4) is 0 Å². The zero-order valence-corrected chi connectivity index (χ0v) is 15.9. The standard InChI is InChI=1S/C21H23N3OS/c1-24(18-10-4-7-14-6-2-3-8-15(14)18)13-20(25)23-21-17(12-22)16-9-5-11-19(16)26-21/h2-3,6,8,18H,4-5,7,9-11,13H2,1H3,(H,23,25). The third-order valence-electron chi connectivity index (χ3n) is 5.55. The van der Waals surface area contributed by atoms with Crippen molar-refractivity contribution in [3.8, 4) is 6.07 Å². The molecule has 1 amide bonds. The number of nitrogens with zero attached hydrogens (tertiary/aromatic N) is 2. The summed E-state index contributed by atoms with van der Waals surface area (Å²) in [6.07, 6.45) is 6.47. The normalized spacial score (nSPS) is 18.3. The Bertz CT molecular complexity index is 880. The molecule has 134 valence electrons. The number of nitrogens with one attached hydrogen (secondary N) is 1. The van der Waals surface area contributed by atoms with Crippen LogP contribution in [0.2, 0.25) is 0 Å². The van der Waals surface area contributed by atoms with Crippen molar-refractivity contribution in [2.45, 2.75) is 44.6 Å². The molecule has 26 heavy (non-hydrogen) atoms. The van der Waals surface area contributed by atoms with Crippen molar-refractivity contribution in [1.82, 2.24) is 4.90 Å². The first-order chi connectivity index (χ1) is 12.7. The van der Waals surface area contributed by atoms with E-state index in [1.165, 1.54) is 16.0 Å². The van der Waals surface area contributed by atoms with Crippen molar-refractivity contribution in [1.29, 1.82) is 5.26 Å². The summed E-state index contributed by atoms with van der Waals surface area (Å²) in [5.74, 6) is -0.0352. The Labute approximate surface area is 158 Å². The summed E-state index contributed by atoms with van der Waals surface area (Å²) in [4.78, 5) is 16.0. The van der Waals surface area contributed by atoms with Crippen LogP contribution in [-0.2, 0) is 24.1 Å². The van der Waals surface area contributed by atoms with E-state index in [4.69, 9.17) is 0 Å². The summed E-state index contributed by atoms with van der Waals surface area (Å²) in [5, 5.41) is 13.2. The van der Waals surface area contributed by atoms with Crippen molar-refractivity contribution in [3.05, 3.63) is 51.4 Å². The molecule has 1 atom stereocenters. The number of anilines is 1. The van der Waals surface area contributed by atoms with Gasteiger partial charge in [-0.05, 0) is 62.3 Å². The molecule has 1 heterocycles. The molecule has 1 aromatic carbocycles. The lowest BCUT2D eigenvalue weighted by Crippen LogP contribution is -2.34. The van der Waals surface area contributed by atoms with Crippen molar-refractivity contribution in [3.63, 3.8) is 0 Å². The van der Waals surface area contributed by atoms with Gasteiger partial charge in [0.2, 0.25) is 5.91 Å². The van der Waals surface area contributed by atoms with Crippen molar-refractivity contribution >= 4 is 22.2 Å². The van der Waals surface area contributed by atoms with Crippen LogP contribution in [0.1, 0.15) is 52.4 Å². The van der Waals surface area contributed by atoms with Gasteiger partial charge in [0.15, 0.2) is 0 Å². The summed E-state index contributed by atoms with van der Waals surface area (Å²) in [6.45, 7) is 0.340. The number of carbonyl (C=O) groups is 1. The van der Waals surface area contributed by atoms with Crippen molar-refractivity contribution in [2.75, 3.05) is 18.9 Å². The van der Waals surface area contributed by atoms with Gasteiger partial charge in [0.1, 0.15) is 11.1 Å². The topological polar surface area (TPSA) is 56.1 Å². The Morgan fingerprint density at radius 2 is 2.15 bits per heavy atom. The van der Waals surface area contributed by atoms with E-state index in [9.17, 15) is 10.1 Å². The third kappa shape index (κ3) is 3.15. The number of fused-ring (bicyclic) bond motifs is 2. The largest absolute Gasteiger partial charge is 0.315 e. The zero-order valence-electron chi connectivity index (χ0n) is 15.0. The second-order valence-corrected chi connectivity index (χ2v) is 8.35. The average Bonchev–Trinajstić information content (AvgIpc) is 3.21. The molecule has 1 aromatic heterocycles. The molecular weight excluding hydrogens is 342 g/mol. The van der Waals surface area contributed by atoms with Crippen LogP contribution in [0.5, 0.6) is 0 Å². The lowest BCUT2D eigenvalue weighted by molar-refractivity contribution is -0.117. The Morgan fingerprint density at radius 1 is 1.31 bits per heavy atom. The van der Waals surface area contributed by atoms with Gasteiger partial charge in [0.25, 0.3) is 0 Å². The van der Waals surface area contributed by atoms with Crippen molar-refractivity contribution in [2.24, 2.45) is 0 Å². The van der Waals surface area contributed by atoms with Gasteiger partial charge in [0.05, 0.1) is 12.1 Å². The molecule has 1 unspecified atom stereocenters. The number of hydrogen-bond acceptors (Lipinski definition) is 4. The summed E-state index contributed by atoms with van der Waals surface area (Å²) in [7, 11) is 2.02. The molecule has 5 heteroatoms. The summed E-state index contributed by atoms with van der Waals surface area (Å²) in [6, 6.07) is 11.1. The van der Waals surface area contributed by atoms with Crippen LogP contribution < -0.4 is 5.32 Å². The monoisotopic (exact) mass is 365 g/mol. The van der Waals surface area contributed by atoms with Gasteiger partial charge in [-0.2, -0.15) is 5.26 Å². The van der Waals surface area contributed by atoms with E-state index < -0.39 is 0 Å². The Hall–Kier alpha value is -2.16. The molecule has 2 aromatic rings. The van der Waals surface area contributed by atoms with E-state index in [-0.39, 0.29) is 11.9 Å². The molecule has 2 aliphatic rings. The quantitative estimate of drug-likeness (QED) is 0.889.